The summed E-state index contributed by atoms with van der Waals surface area (Å²) < 4.78 is 5.61. The van der Waals surface area contributed by atoms with Crippen LogP contribution < -0.4 is 20.3 Å². The summed E-state index contributed by atoms with van der Waals surface area (Å²) in [5, 5.41) is 0. The van der Waals surface area contributed by atoms with Gasteiger partial charge >= 0.3 is 6.01 Å². The molecule has 0 bridgehead atoms. The fraction of sp³-hybridized carbons (Fsp3) is 0.524. The van der Waals surface area contributed by atoms with Crippen LogP contribution in [0.2, 0.25) is 0 Å². The van der Waals surface area contributed by atoms with Gasteiger partial charge in [0.05, 0.1) is 19.6 Å². The lowest BCUT2D eigenvalue weighted by Gasteiger charge is -2.21. The molecule has 1 aliphatic rings. The number of rotatable bonds is 10. The van der Waals surface area contributed by atoms with Crippen LogP contribution in [-0.2, 0) is 17.8 Å². The highest BCUT2D eigenvalue weighted by atomic mass is 16.5. The number of nitrogens with two attached hydrogens (primary N) is 1. The molecule has 2 N–H and O–H groups in total. The Morgan fingerprint density at radius 1 is 1.20 bits per heavy atom. The van der Waals surface area contributed by atoms with Gasteiger partial charge in [0.15, 0.2) is 0 Å². The molecule has 0 aliphatic carbocycles. The van der Waals surface area contributed by atoms with E-state index < -0.39 is 0 Å². The molecule has 1 amide bonds. The minimum absolute atomic E-state index is 0.0520. The number of aromatic nitrogens is 3. The Balaban J connectivity index is 1.72. The van der Waals surface area contributed by atoms with Gasteiger partial charge in [-0.1, -0.05) is 19.4 Å². The standard InChI is InChI=1S/C21H31N7O2/c1-5-6-11-30-21-24-19(22)16-12-18(29)28(20(16)25-21)14-15-7-8-17(23-13-15)27(4)10-9-26(2)3/h7-8,13H,5-6,9-12,14H2,1-4H3,(H2,22,24,25). The van der Waals surface area contributed by atoms with E-state index in [-0.39, 0.29) is 18.3 Å². The number of fused-ring (bicyclic) bond motifs is 1. The molecule has 0 fully saturated rings. The van der Waals surface area contributed by atoms with Gasteiger partial charge in [0.25, 0.3) is 0 Å². The molecule has 9 heteroatoms. The van der Waals surface area contributed by atoms with Gasteiger partial charge in [-0.05, 0) is 32.1 Å². The third-order valence-electron chi connectivity index (χ3n) is 5.03. The fourth-order valence-electron chi connectivity index (χ4n) is 3.14. The van der Waals surface area contributed by atoms with Crippen molar-refractivity contribution in [2.45, 2.75) is 32.7 Å². The molecule has 2 aromatic heterocycles. The second-order valence-corrected chi connectivity index (χ2v) is 7.80. The molecule has 3 heterocycles. The van der Waals surface area contributed by atoms with Crippen molar-refractivity contribution in [3.63, 3.8) is 0 Å². The van der Waals surface area contributed by atoms with Gasteiger partial charge in [-0.25, -0.2) is 4.98 Å². The maximum atomic E-state index is 12.6. The Morgan fingerprint density at radius 3 is 2.67 bits per heavy atom. The van der Waals surface area contributed by atoms with Gasteiger partial charge in [-0.15, -0.1) is 0 Å². The third-order valence-corrected chi connectivity index (χ3v) is 5.03. The number of nitrogens with zero attached hydrogens (tertiary/aromatic N) is 6. The van der Waals surface area contributed by atoms with Crippen molar-refractivity contribution >= 4 is 23.4 Å². The van der Waals surface area contributed by atoms with E-state index in [9.17, 15) is 4.79 Å². The maximum absolute atomic E-state index is 12.6. The van der Waals surface area contributed by atoms with Gasteiger partial charge in [-0.3, -0.25) is 9.69 Å². The molecule has 30 heavy (non-hydrogen) atoms. The number of anilines is 3. The average molecular weight is 414 g/mol. The smallest absolute Gasteiger partial charge is 0.320 e. The highest BCUT2D eigenvalue weighted by molar-refractivity contribution is 6.01. The Hall–Kier alpha value is -2.94. The van der Waals surface area contributed by atoms with Gasteiger partial charge in [0, 0.05) is 31.9 Å². The van der Waals surface area contributed by atoms with Crippen LogP contribution >= 0.6 is 0 Å². The Morgan fingerprint density at radius 2 is 2.00 bits per heavy atom. The first-order chi connectivity index (χ1) is 14.4. The van der Waals surface area contributed by atoms with E-state index in [0.717, 1.165) is 37.3 Å². The zero-order valence-electron chi connectivity index (χ0n) is 18.3. The maximum Gasteiger partial charge on any atom is 0.320 e. The van der Waals surface area contributed by atoms with Gasteiger partial charge in [0.1, 0.15) is 17.5 Å². The van der Waals surface area contributed by atoms with Crippen LogP contribution in [0.4, 0.5) is 17.5 Å². The SMILES string of the molecule is CCCCOc1nc(N)c2c(n1)N(Cc1ccc(N(C)CCN(C)C)nc1)C(=O)C2. The molecule has 0 saturated heterocycles. The van der Waals surface area contributed by atoms with Gasteiger partial charge in [0.2, 0.25) is 5.91 Å². The summed E-state index contributed by atoms with van der Waals surface area (Å²) in [6, 6.07) is 4.18. The molecule has 0 atom stereocenters. The molecule has 0 radical (unpaired) electrons. The highest BCUT2D eigenvalue weighted by Gasteiger charge is 2.32. The predicted octanol–water partition coefficient (Wildman–Crippen LogP) is 1.72. The summed E-state index contributed by atoms with van der Waals surface area (Å²) in [4.78, 5) is 31.7. The monoisotopic (exact) mass is 413 g/mol. The summed E-state index contributed by atoms with van der Waals surface area (Å²) in [6.45, 7) is 4.82. The Labute approximate surface area is 177 Å². The summed E-state index contributed by atoms with van der Waals surface area (Å²) in [6.07, 6.45) is 3.92. The van der Waals surface area contributed by atoms with Crippen LogP contribution in [0.15, 0.2) is 18.3 Å². The lowest BCUT2D eigenvalue weighted by molar-refractivity contribution is -0.117. The zero-order valence-corrected chi connectivity index (χ0v) is 18.3. The topological polar surface area (TPSA) is 101 Å². The van der Waals surface area contributed by atoms with Crippen LogP contribution in [-0.4, -0.2) is 66.6 Å². The number of hydrogen-bond acceptors (Lipinski definition) is 8. The summed E-state index contributed by atoms with van der Waals surface area (Å²) in [5.74, 6) is 1.68. The summed E-state index contributed by atoms with van der Waals surface area (Å²) >= 11 is 0. The van der Waals surface area contributed by atoms with Crippen LogP contribution in [0, 0.1) is 0 Å². The molecule has 0 spiro atoms. The summed E-state index contributed by atoms with van der Waals surface area (Å²) in [7, 11) is 6.11. The minimum Gasteiger partial charge on any atom is -0.463 e. The molecule has 0 saturated carbocycles. The first-order valence-corrected chi connectivity index (χ1v) is 10.3. The van der Waals surface area contributed by atoms with Crippen molar-refractivity contribution in [1.29, 1.82) is 0 Å². The number of carbonyl (C=O) groups excluding carboxylic acids is 1. The molecule has 2 aromatic rings. The van der Waals surface area contributed by atoms with E-state index in [1.807, 2.05) is 33.3 Å². The number of nitrogen functional groups attached to an aromatic ring is 1. The quantitative estimate of drug-likeness (QED) is 0.588. The number of carbonyl (C=O) groups is 1. The molecule has 0 aromatic carbocycles. The molecular formula is C21H31N7O2. The first-order valence-electron chi connectivity index (χ1n) is 10.3. The second-order valence-electron chi connectivity index (χ2n) is 7.80. The molecule has 9 nitrogen and oxygen atoms in total. The number of unbranched alkanes of at least 4 members (excludes halogenated alkanes) is 1. The van der Waals surface area contributed by atoms with E-state index in [2.05, 4.69) is 31.7 Å². The van der Waals surface area contributed by atoms with Crippen molar-refractivity contribution in [1.82, 2.24) is 19.9 Å². The largest absolute Gasteiger partial charge is 0.463 e. The number of amides is 1. The first kappa shape index (κ1) is 21.8. The van der Waals surface area contributed by atoms with Gasteiger partial charge < -0.3 is 20.3 Å². The molecule has 162 valence electrons. The van der Waals surface area contributed by atoms with Gasteiger partial charge in [-0.2, -0.15) is 9.97 Å². The van der Waals surface area contributed by atoms with Crippen LogP contribution in [0.5, 0.6) is 6.01 Å². The van der Waals surface area contributed by atoms with E-state index >= 15 is 0 Å². The number of likely N-dealkylation sites (N-methyl/N-ethyl adjacent to an activating group) is 2. The number of ether oxygens (including phenoxy) is 1. The highest BCUT2D eigenvalue weighted by Crippen LogP contribution is 2.33. The fourth-order valence-corrected chi connectivity index (χ4v) is 3.14. The van der Waals surface area contributed by atoms with Crippen molar-refractivity contribution < 1.29 is 9.53 Å². The van der Waals surface area contributed by atoms with Crippen molar-refractivity contribution in [2.24, 2.45) is 0 Å². The lowest BCUT2D eigenvalue weighted by Crippen LogP contribution is -2.29. The Bertz CT molecular complexity index is 870. The number of hydrogen-bond donors (Lipinski definition) is 1. The number of pyridine rings is 1. The van der Waals surface area contributed by atoms with E-state index in [4.69, 9.17) is 10.5 Å². The molecule has 1 aliphatic heterocycles. The van der Waals surface area contributed by atoms with E-state index in [0.29, 0.717) is 30.4 Å². The van der Waals surface area contributed by atoms with E-state index in [1.165, 1.54) is 0 Å². The molecular weight excluding hydrogens is 382 g/mol. The van der Waals surface area contributed by atoms with Crippen LogP contribution in [0.3, 0.4) is 0 Å². The predicted molar refractivity (Wildman–Crippen MR) is 118 cm³/mol. The Kier molecular flexibility index (Phi) is 7.04. The zero-order chi connectivity index (χ0) is 21.7. The van der Waals surface area contributed by atoms with Crippen molar-refractivity contribution in [3.8, 4) is 6.01 Å². The van der Waals surface area contributed by atoms with Crippen LogP contribution in [0.25, 0.3) is 0 Å². The van der Waals surface area contributed by atoms with Crippen molar-refractivity contribution in [3.05, 3.63) is 29.5 Å². The third kappa shape index (κ3) is 5.15. The molecule has 0 unspecified atom stereocenters. The summed E-state index contributed by atoms with van der Waals surface area (Å²) in [5.41, 5.74) is 7.65. The second kappa shape index (κ2) is 9.71. The lowest BCUT2D eigenvalue weighted by atomic mass is 10.2. The minimum atomic E-state index is -0.0520. The van der Waals surface area contributed by atoms with Crippen LogP contribution in [0.1, 0.15) is 30.9 Å². The van der Waals surface area contributed by atoms with E-state index in [1.54, 1.807) is 11.1 Å². The van der Waals surface area contributed by atoms with Crippen molar-refractivity contribution in [2.75, 3.05) is 56.4 Å². The molecule has 3 rings (SSSR count). The average Bonchev–Trinajstić information content (AvgIpc) is 3.03. The normalized spacial score (nSPS) is 13.1.